The minimum atomic E-state index is -1.36. The average Bonchev–Trinajstić information content (AvgIpc) is 3.26. The minimum absolute atomic E-state index is 0.00609. The lowest BCUT2D eigenvalue weighted by molar-refractivity contribution is 0.0580. The largest absolute Gasteiger partial charge is 0.478 e. The zero-order valence-corrected chi connectivity index (χ0v) is 16.7. The Morgan fingerprint density at radius 1 is 1.33 bits per heavy atom. The van der Waals surface area contributed by atoms with Gasteiger partial charge in [-0.25, -0.2) is 18.6 Å². The van der Waals surface area contributed by atoms with E-state index >= 15 is 0 Å². The number of alkyl halides is 1. The molecule has 0 aromatic carbocycles. The number of halogens is 2. The van der Waals surface area contributed by atoms with Gasteiger partial charge in [0.2, 0.25) is 5.88 Å². The van der Waals surface area contributed by atoms with Crippen molar-refractivity contribution in [3.05, 3.63) is 29.8 Å². The van der Waals surface area contributed by atoms with Crippen molar-refractivity contribution in [2.45, 2.75) is 63.3 Å². The van der Waals surface area contributed by atoms with E-state index in [1.807, 2.05) is 6.92 Å². The Morgan fingerprint density at radius 2 is 2.20 bits per heavy atom. The Morgan fingerprint density at radius 3 is 3.03 bits per heavy atom. The number of alkyl carbamates (subject to hydrolysis) is 1. The number of amides is 1. The molecule has 6 bridgehead atoms. The van der Waals surface area contributed by atoms with Crippen LogP contribution in [0.3, 0.4) is 0 Å². The van der Waals surface area contributed by atoms with Crippen molar-refractivity contribution in [3.63, 3.8) is 0 Å². The maximum Gasteiger partial charge on any atom is 0.407 e. The summed E-state index contributed by atoms with van der Waals surface area (Å²) in [4.78, 5) is 16.4. The zero-order chi connectivity index (χ0) is 21.1. The summed E-state index contributed by atoms with van der Waals surface area (Å²) in [5.74, 6) is -0.634. The molecule has 1 amide bonds. The molecule has 2 aliphatic rings. The van der Waals surface area contributed by atoms with Crippen LogP contribution < -0.4 is 15.4 Å². The first-order chi connectivity index (χ1) is 14.5. The summed E-state index contributed by atoms with van der Waals surface area (Å²) in [6.07, 6.45) is 0.956. The number of nitrogens with zero attached hydrogens (tertiary/aromatic N) is 2. The summed E-state index contributed by atoms with van der Waals surface area (Å²) in [7, 11) is 0. The summed E-state index contributed by atoms with van der Waals surface area (Å²) < 4.78 is 40.4. The summed E-state index contributed by atoms with van der Waals surface area (Å²) in [6, 6.07) is 3.23. The van der Waals surface area contributed by atoms with Crippen LogP contribution in [0, 0.1) is 5.82 Å². The molecule has 4 rings (SSSR count). The number of ether oxygens (including phenoxy) is 2. The Labute approximate surface area is 172 Å². The van der Waals surface area contributed by atoms with Gasteiger partial charge in [0.1, 0.15) is 12.3 Å². The van der Waals surface area contributed by atoms with Gasteiger partial charge in [-0.1, -0.05) is 6.92 Å². The number of fused-ring (bicyclic) bond motifs is 7. The maximum absolute atomic E-state index is 14.9. The second-order valence-corrected chi connectivity index (χ2v) is 7.68. The number of rotatable bonds is 1. The Kier molecular flexibility index (Phi) is 6.01. The molecule has 1 aliphatic heterocycles. The molecule has 0 saturated heterocycles. The molecule has 3 heterocycles. The molecule has 1 saturated carbocycles. The average molecular weight is 421 g/mol. The third-order valence-electron chi connectivity index (χ3n) is 5.59. The van der Waals surface area contributed by atoms with Gasteiger partial charge in [-0.2, -0.15) is 5.10 Å². The molecule has 2 aromatic heterocycles. The number of carbonyl (C=O) groups excluding carboxylic acids is 1. The van der Waals surface area contributed by atoms with E-state index in [9.17, 15) is 13.6 Å². The van der Waals surface area contributed by atoms with Crippen LogP contribution in [-0.2, 0) is 4.74 Å². The van der Waals surface area contributed by atoms with Gasteiger partial charge >= 0.3 is 6.09 Å². The van der Waals surface area contributed by atoms with E-state index in [0.717, 1.165) is 0 Å². The lowest BCUT2D eigenvalue weighted by Crippen LogP contribution is -2.38. The van der Waals surface area contributed by atoms with Crippen molar-refractivity contribution in [1.82, 2.24) is 20.5 Å². The minimum Gasteiger partial charge on any atom is -0.478 e. The van der Waals surface area contributed by atoms with Crippen molar-refractivity contribution in [2.75, 3.05) is 11.9 Å². The van der Waals surface area contributed by atoms with E-state index in [2.05, 4.69) is 25.8 Å². The van der Waals surface area contributed by atoms with Gasteiger partial charge < -0.3 is 20.1 Å². The standard InChI is InChI=1S/C20H25F2N5O3/c1-2-12-4-3-7-29-16-10-13(5-6-23-16)24-19-17(22)18(26-27-19)11-8-14(21)15(9-11)30-20(28)25-12/h5-6,10-12,14-15H,2-4,7-9H2,1H3,(H,25,28)(H2,24,26,27)/t11?,12-,14?,15?/m0/s1. The highest BCUT2D eigenvalue weighted by Crippen LogP contribution is 2.39. The quantitative estimate of drug-likeness (QED) is 0.645. The number of pyridine rings is 1. The predicted octanol–water partition coefficient (Wildman–Crippen LogP) is 3.95. The molecule has 3 N–H and O–H groups in total. The molecule has 0 radical (unpaired) electrons. The fourth-order valence-corrected chi connectivity index (χ4v) is 3.93. The zero-order valence-electron chi connectivity index (χ0n) is 16.7. The van der Waals surface area contributed by atoms with Crippen molar-refractivity contribution in [3.8, 4) is 5.88 Å². The molecule has 162 valence electrons. The Hall–Kier alpha value is -2.91. The highest BCUT2D eigenvalue weighted by molar-refractivity contribution is 5.68. The van der Waals surface area contributed by atoms with Crippen molar-refractivity contribution >= 4 is 17.6 Å². The van der Waals surface area contributed by atoms with Crippen LogP contribution in [0.25, 0.3) is 0 Å². The molecule has 4 atom stereocenters. The van der Waals surface area contributed by atoms with Crippen LogP contribution >= 0.6 is 0 Å². The van der Waals surface area contributed by atoms with Gasteiger partial charge in [-0.15, -0.1) is 0 Å². The number of carbonyl (C=O) groups is 1. The number of anilines is 2. The third-order valence-corrected chi connectivity index (χ3v) is 5.59. The Balaban J connectivity index is 1.59. The summed E-state index contributed by atoms with van der Waals surface area (Å²) in [6.45, 7) is 2.36. The number of nitrogens with one attached hydrogen (secondary N) is 3. The molecule has 30 heavy (non-hydrogen) atoms. The fourth-order valence-electron chi connectivity index (χ4n) is 3.93. The van der Waals surface area contributed by atoms with Crippen LogP contribution in [0.5, 0.6) is 5.88 Å². The van der Waals surface area contributed by atoms with Crippen LogP contribution in [-0.4, -0.2) is 46.2 Å². The monoisotopic (exact) mass is 421 g/mol. The number of H-pyrrole nitrogens is 1. The first-order valence-corrected chi connectivity index (χ1v) is 10.2. The third kappa shape index (κ3) is 4.47. The van der Waals surface area contributed by atoms with Gasteiger partial charge in [0, 0.05) is 29.9 Å². The molecule has 2 aromatic rings. The van der Waals surface area contributed by atoms with Gasteiger partial charge in [-0.3, -0.25) is 5.10 Å². The number of aromatic amines is 1. The highest BCUT2D eigenvalue weighted by Gasteiger charge is 2.40. The first-order valence-electron chi connectivity index (χ1n) is 10.2. The summed E-state index contributed by atoms with van der Waals surface area (Å²) in [5, 5.41) is 12.3. The van der Waals surface area contributed by atoms with Gasteiger partial charge in [-0.05, 0) is 38.2 Å². The van der Waals surface area contributed by atoms with Gasteiger partial charge in [0.25, 0.3) is 0 Å². The van der Waals surface area contributed by atoms with Crippen LogP contribution in [0.1, 0.15) is 50.6 Å². The van der Waals surface area contributed by atoms with E-state index in [4.69, 9.17) is 9.47 Å². The molecular formula is C20H25F2N5O3. The van der Waals surface area contributed by atoms with E-state index in [1.54, 1.807) is 18.3 Å². The molecule has 10 heteroatoms. The van der Waals surface area contributed by atoms with Gasteiger partial charge in [0.15, 0.2) is 11.6 Å². The lowest BCUT2D eigenvalue weighted by Gasteiger charge is -2.20. The predicted molar refractivity (Wildman–Crippen MR) is 105 cm³/mol. The van der Waals surface area contributed by atoms with Crippen molar-refractivity contribution in [2.24, 2.45) is 0 Å². The first kappa shape index (κ1) is 20.4. The smallest absolute Gasteiger partial charge is 0.407 e. The topological polar surface area (TPSA) is 101 Å². The second kappa shape index (κ2) is 8.85. The molecular weight excluding hydrogens is 396 g/mol. The fraction of sp³-hybridized carbons (Fsp3) is 0.550. The molecule has 0 spiro atoms. The second-order valence-electron chi connectivity index (χ2n) is 7.68. The van der Waals surface area contributed by atoms with E-state index in [-0.39, 0.29) is 30.4 Å². The van der Waals surface area contributed by atoms with E-state index in [0.29, 0.717) is 37.4 Å². The number of aromatic nitrogens is 3. The van der Waals surface area contributed by atoms with Crippen LogP contribution in [0.4, 0.5) is 25.1 Å². The Bertz CT molecular complexity index is 893. The SMILES string of the molecule is CC[C@H]1CCCOc2cc(ccn2)Nc2n[nH]c(c2F)C2CC(F)C(C2)OC(=O)N1. The molecule has 8 nitrogen and oxygen atoms in total. The van der Waals surface area contributed by atoms with Gasteiger partial charge in [0.05, 0.1) is 12.3 Å². The number of hydrogen-bond acceptors (Lipinski definition) is 6. The maximum atomic E-state index is 14.9. The van der Waals surface area contributed by atoms with E-state index in [1.165, 1.54) is 0 Å². The molecule has 1 aliphatic carbocycles. The molecule has 3 unspecified atom stereocenters. The van der Waals surface area contributed by atoms with Crippen LogP contribution in [0.2, 0.25) is 0 Å². The van der Waals surface area contributed by atoms with Crippen molar-refractivity contribution in [1.29, 1.82) is 0 Å². The summed E-state index contributed by atoms with van der Waals surface area (Å²) in [5.41, 5.74) is 0.775. The normalized spacial score (nSPS) is 27.1. The van der Waals surface area contributed by atoms with Crippen molar-refractivity contribution < 1.29 is 23.0 Å². The molecule has 1 fully saturated rings. The highest BCUT2D eigenvalue weighted by atomic mass is 19.1. The van der Waals surface area contributed by atoms with Crippen LogP contribution in [0.15, 0.2) is 18.3 Å². The lowest BCUT2D eigenvalue weighted by atomic mass is 10.0. The number of hydrogen-bond donors (Lipinski definition) is 3. The summed E-state index contributed by atoms with van der Waals surface area (Å²) >= 11 is 0. The van der Waals surface area contributed by atoms with E-state index < -0.39 is 30.1 Å².